The summed E-state index contributed by atoms with van der Waals surface area (Å²) < 4.78 is 12.8. The lowest BCUT2D eigenvalue weighted by molar-refractivity contribution is -0.127. The van der Waals surface area contributed by atoms with Gasteiger partial charge >= 0.3 is 0 Å². The maximum atomic E-state index is 12.8. The molecule has 2 unspecified atom stereocenters. The SMILES string of the molecule is CCNC(=O)CCC(=O)NC(C)C(O)c1ccc(F)cc1. The number of hydrogen-bond donors (Lipinski definition) is 3. The second-order valence-electron chi connectivity index (χ2n) is 4.81. The largest absolute Gasteiger partial charge is 0.386 e. The molecule has 21 heavy (non-hydrogen) atoms. The average molecular weight is 296 g/mol. The van der Waals surface area contributed by atoms with Gasteiger partial charge in [0.05, 0.1) is 12.1 Å². The van der Waals surface area contributed by atoms with Crippen molar-refractivity contribution in [1.29, 1.82) is 0 Å². The maximum Gasteiger partial charge on any atom is 0.220 e. The molecule has 1 aromatic rings. The van der Waals surface area contributed by atoms with Crippen molar-refractivity contribution in [2.45, 2.75) is 38.8 Å². The van der Waals surface area contributed by atoms with Crippen molar-refractivity contribution >= 4 is 11.8 Å². The van der Waals surface area contributed by atoms with Crippen LogP contribution in [0.1, 0.15) is 38.4 Å². The Kier molecular flexibility index (Phi) is 6.81. The van der Waals surface area contributed by atoms with Crippen molar-refractivity contribution in [2.75, 3.05) is 6.54 Å². The van der Waals surface area contributed by atoms with Crippen molar-refractivity contribution in [3.63, 3.8) is 0 Å². The maximum absolute atomic E-state index is 12.8. The third-order valence-corrected chi connectivity index (χ3v) is 3.03. The minimum Gasteiger partial charge on any atom is -0.386 e. The Morgan fingerprint density at radius 2 is 1.76 bits per heavy atom. The highest BCUT2D eigenvalue weighted by atomic mass is 19.1. The minimum atomic E-state index is -0.931. The van der Waals surface area contributed by atoms with Crippen molar-refractivity contribution in [1.82, 2.24) is 10.6 Å². The highest BCUT2D eigenvalue weighted by molar-refractivity contribution is 5.83. The van der Waals surface area contributed by atoms with Crippen LogP contribution in [0, 0.1) is 5.82 Å². The first-order chi connectivity index (χ1) is 9.93. The predicted octanol–water partition coefficient (Wildman–Crippen LogP) is 1.28. The molecule has 116 valence electrons. The summed E-state index contributed by atoms with van der Waals surface area (Å²) in [7, 11) is 0. The van der Waals surface area contributed by atoms with Crippen LogP contribution in [0.3, 0.4) is 0 Å². The zero-order chi connectivity index (χ0) is 15.8. The standard InChI is InChI=1S/C15H21FN2O3/c1-3-17-13(19)8-9-14(20)18-10(2)15(21)11-4-6-12(16)7-5-11/h4-7,10,15,21H,3,8-9H2,1-2H3,(H,17,19)(H,18,20). The Labute approximate surface area is 123 Å². The van der Waals surface area contributed by atoms with E-state index in [1.165, 1.54) is 24.3 Å². The van der Waals surface area contributed by atoms with Gasteiger partial charge in [0.15, 0.2) is 0 Å². The van der Waals surface area contributed by atoms with Gasteiger partial charge in [-0.2, -0.15) is 0 Å². The zero-order valence-corrected chi connectivity index (χ0v) is 12.2. The summed E-state index contributed by atoms with van der Waals surface area (Å²) in [5.74, 6) is -0.876. The Morgan fingerprint density at radius 3 is 2.33 bits per heavy atom. The summed E-state index contributed by atoms with van der Waals surface area (Å²) in [6.45, 7) is 3.98. The van der Waals surface area contributed by atoms with E-state index in [4.69, 9.17) is 0 Å². The van der Waals surface area contributed by atoms with Gasteiger partial charge in [0.2, 0.25) is 11.8 Å². The fourth-order valence-electron chi connectivity index (χ4n) is 1.87. The van der Waals surface area contributed by atoms with E-state index in [-0.39, 0.29) is 30.5 Å². The van der Waals surface area contributed by atoms with Gasteiger partial charge in [0.1, 0.15) is 5.82 Å². The van der Waals surface area contributed by atoms with Gasteiger partial charge in [-0.1, -0.05) is 12.1 Å². The summed E-state index contributed by atoms with van der Waals surface area (Å²) in [5.41, 5.74) is 0.521. The number of nitrogens with one attached hydrogen (secondary N) is 2. The van der Waals surface area contributed by atoms with Crippen LogP contribution >= 0.6 is 0 Å². The van der Waals surface area contributed by atoms with E-state index in [2.05, 4.69) is 10.6 Å². The molecular formula is C15H21FN2O3. The molecule has 0 saturated heterocycles. The van der Waals surface area contributed by atoms with Crippen LogP contribution in [0.25, 0.3) is 0 Å². The van der Waals surface area contributed by atoms with Gasteiger partial charge in [0, 0.05) is 19.4 Å². The zero-order valence-electron chi connectivity index (χ0n) is 12.2. The molecule has 5 nitrogen and oxygen atoms in total. The summed E-state index contributed by atoms with van der Waals surface area (Å²) in [5, 5.41) is 15.3. The Morgan fingerprint density at radius 1 is 1.19 bits per heavy atom. The quantitative estimate of drug-likeness (QED) is 0.709. The Balaban J connectivity index is 2.44. The summed E-state index contributed by atoms with van der Waals surface area (Å²) in [6, 6.07) is 4.91. The number of carbonyl (C=O) groups is 2. The second-order valence-corrected chi connectivity index (χ2v) is 4.81. The molecule has 0 spiro atoms. The molecule has 2 atom stereocenters. The number of carbonyl (C=O) groups excluding carboxylic acids is 2. The average Bonchev–Trinajstić information content (AvgIpc) is 2.45. The number of halogens is 1. The van der Waals surface area contributed by atoms with E-state index in [9.17, 15) is 19.1 Å². The van der Waals surface area contributed by atoms with E-state index in [1.807, 2.05) is 0 Å². The molecule has 2 amide bonds. The number of rotatable bonds is 7. The Bertz CT molecular complexity index is 476. The molecule has 1 rings (SSSR count). The van der Waals surface area contributed by atoms with Crippen LogP contribution in [0.4, 0.5) is 4.39 Å². The first-order valence-corrected chi connectivity index (χ1v) is 6.93. The van der Waals surface area contributed by atoms with Crippen LogP contribution in [0.15, 0.2) is 24.3 Å². The first-order valence-electron chi connectivity index (χ1n) is 6.93. The molecule has 0 aliphatic carbocycles. The molecule has 0 saturated carbocycles. The lowest BCUT2D eigenvalue weighted by atomic mass is 10.0. The molecule has 1 aromatic carbocycles. The third-order valence-electron chi connectivity index (χ3n) is 3.03. The van der Waals surface area contributed by atoms with E-state index in [0.717, 1.165) is 0 Å². The molecule has 0 heterocycles. The number of hydrogen-bond acceptors (Lipinski definition) is 3. The lowest BCUT2D eigenvalue weighted by Gasteiger charge is -2.20. The van der Waals surface area contributed by atoms with Gasteiger partial charge in [0.25, 0.3) is 0 Å². The molecule has 0 bridgehead atoms. The van der Waals surface area contributed by atoms with Crippen LogP contribution < -0.4 is 10.6 Å². The van der Waals surface area contributed by atoms with Crippen LogP contribution in [-0.2, 0) is 9.59 Å². The van der Waals surface area contributed by atoms with Gasteiger partial charge in [-0.3, -0.25) is 9.59 Å². The third kappa shape index (κ3) is 5.91. The number of amides is 2. The fourth-order valence-corrected chi connectivity index (χ4v) is 1.87. The van der Waals surface area contributed by atoms with Gasteiger partial charge in [-0.25, -0.2) is 4.39 Å². The highest BCUT2D eigenvalue weighted by Crippen LogP contribution is 2.17. The molecule has 3 N–H and O–H groups in total. The molecule has 0 aromatic heterocycles. The molecule has 0 aliphatic rings. The van der Waals surface area contributed by atoms with Gasteiger partial charge in [-0.05, 0) is 31.5 Å². The summed E-state index contributed by atoms with van der Waals surface area (Å²) in [6.07, 6.45) is -0.759. The van der Waals surface area contributed by atoms with Crippen LogP contribution in [0.5, 0.6) is 0 Å². The Hall–Kier alpha value is -1.95. The van der Waals surface area contributed by atoms with E-state index in [0.29, 0.717) is 12.1 Å². The van der Waals surface area contributed by atoms with Gasteiger partial charge < -0.3 is 15.7 Å². The fraction of sp³-hybridized carbons (Fsp3) is 0.467. The minimum absolute atomic E-state index is 0.0618. The van der Waals surface area contributed by atoms with Crippen molar-refractivity contribution in [3.05, 3.63) is 35.6 Å². The first kappa shape index (κ1) is 17.1. The summed E-state index contributed by atoms with van der Waals surface area (Å²) >= 11 is 0. The smallest absolute Gasteiger partial charge is 0.220 e. The molecule has 0 radical (unpaired) electrons. The van der Waals surface area contributed by atoms with Crippen LogP contribution in [-0.4, -0.2) is 29.5 Å². The summed E-state index contributed by atoms with van der Waals surface area (Å²) in [4.78, 5) is 22.9. The van der Waals surface area contributed by atoms with E-state index < -0.39 is 12.1 Å². The van der Waals surface area contributed by atoms with Gasteiger partial charge in [-0.15, -0.1) is 0 Å². The van der Waals surface area contributed by atoms with E-state index >= 15 is 0 Å². The molecular weight excluding hydrogens is 275 g/mol. The topological polar surface area (TPSA) is 78.4 Å². The number of benzene rings is 1. The molecule has 0 aliphatic heterocycles. The van der Waals surface area contributed by atoms with E-state index in [1.54, 1.807) is 13.8 Å². The second kappa shape index (κ2) is 8.36. The van der Waals surface area contributed by atoms with Crippen LogP contribution in [0.2, 0.25) is 0 Å². The predicted molar refractivity (Wildman–Crippen MR) is 76.9 cm³/mol. The molecule has 0 fully saturated rings. The highest BCUT2D eigenvalue weighted by Gasteiger charge is 2.18. The number of aliphatic hydroxyl groups is 1. The van der Waals surface area contributed by atoms with Crippen molar-refractivity contribution in [2.24, 2.45) is 0 Å². The number of aliphatic hydroxyl groups excluding tert-OH is 1. The molecule has 6 heteroatoms. The van der Waals surface area contributed by atoms with Crippen molar-refractivity contribution in [3.8, 4) is 0 Å². The van der Waals surface area contributed by atoms with Crippen molar-refractivity contribution < 1.29 is 19.1 Å². The normalized spacial score (nSPS) is 13.3. The monoisotopic (exact) mass is 296 g/mol. The lowest BCUT2D eigenvalue weighted by Crippen LogP contribution is -2.37.